The van der Waals surface area contributed by atoms with Crippen LogP contribution in [0.15, 0.2) is 24.3 Å². The Morgan fingerprint density at radius 1 is 0.301 bits per heavy atom. The highest BCUT2D eigenvalue weighted by Crippen LogP contribution is 2.38. The summed E-state index contributed by atoms with van der Waals surface area (Å²) in [4.78, 5) is 38.3. The first kappa shape index (κ1) is 101. The van der Waals surface area contributed by atoms with Crippen molar-refractivity contribution in [3.8, 4) is 0 Å². The molecule has 0 aliphatic rings. The molecule has 0 saturated carbocycles. The summed E-state index contributed by atoms with van der Waals surface area (Å²) >= 11 is 0. The number of carbonyl (C=O) groups is 2. The summed E-state index contributed by atoms with van der Waals surface area (Å²) in [6.45, 7) is 4.34. The number of rotatable bonds is 89. The number of hydrogen-bond acceptors (Lipinski definition) is 8. The van der Waals surface area contributed by atoms with E-state index in [9.17, 15) is 19.0 Å². The van der Waals surface area contributed by atoms with E-state index in [1.807, 2.05) is 21.1 Å². The van der Waals surface area contributed by atoms with Crippen LogP contribution in [0.1, 0.15) is 508 Å². The normalized spacial score (nSPS) is 13.0. The van der Waals surface area contributed by atoms with Crippen LogP contribution in [-0.2, 0) is 32.7 Å². The molecular weight excluding hydrogens is 1290 g/mol. The number of ether oxygens (including phenoxy) is 2. The zero-order valence-corrected chi connectivity index (χ0v) is 71.2. The lowest BCUT2D eigenvalue weighted by molar-refractivity contribution is -0.870. The Bertz CT molecular complexity index is 1780. The van der Waals surface area contributed by atoms with Crippen molar-refractivity contribution in [2.45, 2.75) is 514 Å². The van der Waals surface area contributed by atoms with Gasteiger partial charge < -0.3 is 27.9 Å². The van der Waals surface area contributed by atoms with Crippen molar-refractivity contribution in [1.82, 2.24) is 0 Å². The molecule has 0 amide bonds. The van der Waals surface area contributed by atoms with Crippen molar-refractivity contribution in [3.05, 3.63) is 24.3 Å². The topological polar surface area (TPSA) is 111 Å². The first-order valence-corrected chi connectivity index (χ1v) is 48.0. The van der Waals surface area contributed by atoms with Gasteiger partial charge in [0.05, 0.1) is 27.7 Å². The zero-order chi connectivity index (χ0) is 74.7. The van der Waals surface area contributed by atoms with E-state index >= 15 is 0 Å². The zero-order valence-electron chi connectivity index (χ0n) is 70.3. The van der Waals surface area contributed by atoms with Crippen LogP contribution in [0.25, 0.3) is 0 Å². The van der Waals surface area contributed by atoms with Crippen LogP contribution in [0.4, 0.5) is 0 Å². The predicted molar refractivity (Wildman–Crippen MR) is 448 cm³/mol. The van der Waals surface area contributed by atoms with Crippen LogP contribution >= 0.6 is 7.82 Å². The van der Waals surface area contributed by atoms with E-state index < -0.39 is 26.5 Å². The Kier molecular flexibility index (Phi) is 83.3. The highest BCUT2D eigenvalue weighted by molar-refractivity contribution is 7.45. The van der Waals surface area contributed by atoms with Gasteiger partial charge in [0, 0.05) is 12.8 Å². The second kappa shape index (κ2) is 84.5. The molecule has 0 rings (SSSR count). The smallest absolute Gasteiger partial charge is 0.306 e. The van der Waals surface area contributed by atoms with Crippen LogP contribution in [0.2, 0.25) is 0 Å². The van der Waals surface area contributed by atoms with Gasteiger partial charge in [0.2, 0.25) is 0 Å². The molecule has 0 radical (unpaired) electrons. The predicted octanol–water partition coefficient (Wildman–Crippen LogP) is 30.8. The number of nitrogens with zero attached hydrogens (tertiary/aromatic N) is 1. The molecule has 0 aromatic carbocycles. The lowest BCUT2D eigenvalue weighted by Gasteiger charge is -2.28. The summed E-state index contributed by atoms with van der Waals surface area (Å²) in [6, 6.07) is 0. The van der Waals surface area contributed by atoms with Gasteiger partial charge in [-0.3, -0.25) is 14.2 Å². The standard InChI is InChI=1S/C93H182NO8P/c1-6-8-10-12-14-16-18-20-22-24-26-28-30-32-34-36-38-40-42-44-46-47-48-50-52-54-56-58-60-62-64-66-68-70-72-74-76-78-80-82-84-86-93(96)102-91(90-101-103(97,98)100-88-87-94(3,4)5)89-99-92(95)85-83-81-79-77-75-73-71-69-67-65-63-61-59-57-55-53-51-49-45-43-41-39-37-35-33-31-29-27-25-23-21-19-17-15-13-11-9-7-2/h18,20,24,26,91H,6-17,19,21-23,25,27-90H2,1-5H3/b20-18-,26-24-. The molecule has 0 fully saturated rings. The highest BCUT2D eigenvalue weighted by Gasteiger charge is 2.22. The summed E-state index contributed by atoms with van der Waals surface area (Å²) in [5.41, 5.74) is 0. The maximum atomic E-state index is 12.9. The number of phosphoric ester groups is 1. The first-order chi connectivity index (χ1) is 50.5. The number of unbranched alkanes of at least 4 members (excludes halogenated alkanes) is 71. The SMILES string of the molecule is CCCCCCC/C=C\C/C=C\CCCCCCCCCCCCCCCCCCCCCCCCCCCCCCCC(=O)OC(COC(=O)CCCCCCCCCCCCCCCCCCCCCCCCCCCCCCCCCCCCCCCC)COP(=O)([O-])OCC[N+](C)(C)C. The van der Waals surface area contributed by atoms with Crippen LogP contribution in [-0.4, -0.2) is 70.0 Å². The van der Waals surface area contributed by atoms with Crippen LogP contribution in [0.5, 0.6) is 0 Å². The molecule has 612 valence electrons. The molecule has 9 nitrogen and oxygen atoms in total. The van der Waals surface area contributed by atoms with Crippen LogP contribution in [0, 0.1) is 0 Å². The van der Waals surface area contributed by atoms with Crippen molar-refractivity contribution in [2.75, 3.05) is 47.5 Å². The van der Waals surface area contributed by atoms with Gasteiger partial charge in [-0.15, -0.1) is 0 Å². The number of quaternary nitrogens is 1. The molecule has 10 heteroatoms. The molecule has 103 heavy (non-hydrogen) atoms. The third-order valence-electron chi connectivity index (χ3n) is 21.7. The highest BCUT2D eigenvalue weighted by atomic mass is 31.2. The minimum absolute atomic E-state index is 0.0256. The van der Waals surface area contributed by atoms with E-state index in [0.29, 0.717) is 17.4 Å². The van der Waals surface area contributed by atoms with Crippen molar-refractivity contribution >= 4 is 19.8 Å². The molecule has 0 aromatic heterocycles. The number of likely N-dealkylation sites (N-methyl/N-ethyl adjacent to an activating group) is 1. The van der Waals surface area contributed by atoms with E-state index in [1.54, 1.807) is 0 Å². The van der Waals surface area contributed by atoms with E-state index in [-0.39, 0.29) is 32.0 Å². The number of allylic oxidation sites excluding steroid dienone is 4. The Labute approximate surface area is 644 Å². The molecule has 2 unspecified atom stereocenters. The molecule has 0 bridgehead atoms. The monoisotopic (exact) mass is 1470 g/mol. The van der Waals surface area contributed by atoms with Gasteiger partial charge >= 0.3 is 11.9 Å². The van der Waals surface area contributed by atoms with E-state index in [0.717, 1.165) is 38.5 Å². The minimum Gasteiger partial charge on any atom is -0.756 e. The van der Waals surface area contributed by atoms with Gasteiger partial charge in [0.15, 0.2) is 6.10 Å². The molecular formula is C93H182NO8P. The second-order valence-corrected chi connectivity index (χ2v) is 34.8. The van der Waals surface area contributed by atoms with Crippen molar-refractivity contribution in [1.29, 1.82) is 0 Å². The average Bonchev–Trinajstić information content (AvgIpc) is 0.971. The number of hydrogen-bond donors (Lipinski definition) is 0. The summed E-state index contributed by atoms with van der Waals surface area (Å²) in [5, 5.41) is 0. The molecule has 0 aliphatic heterocycles. The molecule has 0 heterocycles. The molecule has 2 atom stereocenters. The molecule has 0 saturated heterocycles. The Hall–Kier alpha value is -1.51. The van der Waals surface area contributed by atoms with Gasteiger partial charge in [0.25, 0.3) is 7.82 Å². The number of esters is 2. The largest absolute Gasteiger partial charge is 0.756 e. The summed E-state index contributed by atoms with van der Waals surface area (Å²) in [7, 11) is 1.20. The third-order valence-corrected chi connectivity index (χ3v) is 22.7. The van der Waals surface area contributed by atoms with Gasteiger partial charge in [-0.25, -0.2) is 0 Å². The van der Waals surface area contributed by atoms with Crippen LogP contribution in [0.3, 0.4) is 0 Å². The fourth-order valence-corrected chi connectivity index (χ4v) is 15.4. The van der Waals surface area contributed by atoms with Gasteiger partial charge in [-0.2, -0.15) is 0 Å². The van der Waals surface area contributed by atoms with Crippen LogP contribution < -0.4 is 4.89 Å². The molecule has 0 aromatic rings. The van der Waals surface area contributed by atoms with E-state index in [2.05, 4.69) is 38.2 Å². The van der Waals surface area contributed by atoms with Gasteiger partial charge in [0.1, 0.15) is 19.8 Å². The van der Waals surface area contributed by atoms with E-state index in [1.165, 1.54) is 437 Å². The third kappa shape index (κ3) is 89.3. The van der Waals surface area contributed by atoms with E-state index in [4.69, 9.17) is 18.5 Å². The Balaban J connectivity index is 3.81. The Morgan fingerprint density at radius 2 is 0.524 bits per heavy atom. The lowest BCUT2D eigenvalue weighted by Crippen LogP contribution is -2.37. The Morgan fingerprint density at radius 3 is 0.767 bits per heavy atom. The maximum Gasteiger partial charge on any atom is 0.306 e. The van der Waals surface area contributed by atoms with Crippen molar-refractivity contribution in [2.24, 2.45) is 0 Å². The number of phosphoric acid groups is 1. The quantitative estimate of drug-likeness (QED) is 0.0195. The maximum absolute atomic E-state index is 12.9. The fourth-order valence-electron chi connectivity index (χ4n) is 14.6. The fraction of sp³-hybridized carbons (Fsp3) is 0.935. The molecule has 0 N–H and O–H groups in total. The molecule has 0 spiro atoms. The minimum atomic E-state index is -4.64. The van der Waals surface area contributed by atoms with Gasteiger partial charge in [-0.05, 0) is 44.9 Å². The van der Waals surface area contributed by atoms with Crippen molar-refractivity contribution in [3.63, 3.8) is 0 Å². The average molecular weight is 1470 g/mol. The summed E-state index contributed by atoms with van der Waals surface area (Å²) < 4.78 is 34.5. The molecule has 0 aliphatic carbocycles. The first-order valence-electron chi connectivity index (χ1n) is 46.5. The number of carbonyl (C=O) groups excluding carboxylic acids is 2. The van der Waals surface area contributed by atoms with Crippen molar-refractivity contribution < 1.29 is 42.1 Å². The lowest BCUT2D eigenvalue weighted by atomic mass is 10.0. The summed E-state index contributed by atoms with van der Waals surface area (Å²) in [5.74, 6) is -0.800. The van der Waals surface area contributed by atoms with Gasteiger partial charge in [-0.1, -0.05) is 475 Å². The second-order valence-electron chi connectivity index (χ2n) is 33.4. The summed E-state index contributed by atoms with van der Waals surface area (Å²) in [6.07, 6.45) is 111.